The molecule has 3 N–H and O–H groups in total. The Balaban J connectivity index is 1.90. The molecule has 3 rings (SSSR count). The van der Waals surface area contributed by atoms with Crippen LogP contribution in [0.2, 0.25) is 0 Å². The van der Waals surface area contributed by atoms with Gasteiger partial charge in [-0.2, -0.15) is 0 Å². The zero-order chi connectivity index (χ0) is 25.3. The fourth-order valence-electron chi connectivity index (χ4n) is 3.52. The monoisotopic (exact) mass is 468 g/mol. The fraction of sp³-hybridized carbons (Fsp3) is 0.333. The maximum atomic E-state index is 12.4. The number of anilines is 3. The molecule has 0 saturated carbocycles. The Labute approximate surface area is 196 Å². The van der Waals surface area contributed by atoms with Gasteiger partial charge >= 0.3 is 0 Å². The molecule has 2 amide bonds. The highest BCUT2D eigenvalue weighted by molar-refractivity contribution is 5.99. The normalized spacial score (nSPS) is 11.8. The Morgan fingerprint density at radius 3 is 2.18 bits per heavy atom. The zero-order valence-corrected chi connectivity index (χ0v) is 20.0. The van der Waals surface area contributed by atoms with Crippen LogP contribution in [0.3, 0.4) is 0 Å². The molecule has 0 bridgehead atoms. The lowest BCUT2D eigenvalue weighted by Gasteiger charge is -2.21. The summed E-state index contributed by atoms with van der Waals surface area (Å²) in [6.07, 6.45) is 0.499. The molecule has 0 saturated heterocycles. The minimum absolute atomic E-state index is 0.0268. The molecule has 0 spiro atoms. The fourth-order valence-corrected chi connectivity index (χ4v) is 3.52. The third kappa shape index (κ3) is 4.39. The molecule has 1 atom stereocenters. The largest absolute Gasteiger partial charge is 0.505 e. The van der Waals surface area contributed by atoms with Crippen LogP contribution < -0.4 is 21.5 Å². The lowest BCUT2D eigenvalue weighted by molar-refractivity contribution is 0.0817. The van der Waals surface area contributed by atoms with E-state index in [9.17, 15) is 24.3 Å². The average molecular weight is 469 g/mol. The summed E-state index contributed by atoms with van der Waals surface area (Å²) in [6.45, 7) is 3.55. The van der Waals surface area contributed by atoms with Crippen LogP contribution in [-0.4, -0.2) is 54.9 Å². The van der Waals surface area contributed by atoms with E-state index in [0.717, 1.165) is 0 Å². The van der Waals surface area contributed by atoms with Crippen molar-refractivity contribution in [3.8, 4) is 5.75 Å². The van der Waals surface area contributed by atoms with Crippen LogP contribution in [0.4, 0.5) is 17.1 Å². The first-order valence-corrected chi connectivity index (χ1v) is 10.7. The first kappa shape index (κ1) is 24.6. The van der Waals surface area contributed by atoms with Gasteiger partial charge in [-0.05, 0) is 31.5 Å². The number of nitrogens with zero attached hydrogens (tertiary/aromatic N) is 2. The van der Waals surface area contributed by atoms with Gasteiger partial charge in [0.25, 0.3) is 22.7 Å². The first-order valence-electron chi connectivity index (χ1n) is 10.7. The number of rotatable bonds is 8. The summed E-state index contributed by atoms with van der Waals surface area (Å²) in [6, 6.07) is 5.65. The van der Waals surface area contributed by atoms with E-state index < -0.39 is 22.8 Å². The summed E-state index contributed by atoms with van der Waals surface area (Å²) < 4.78 is 5.78. The molecular formula is C24H28N4O6. The number of carbonyl (C=O) groups excluding carboxylic acids is 2. The lowest BCUT2D eigenvalue weighted by Crippen LogP contribution is -2.37. The van der Waals surface area contributed by atoms with E-state index in [1.807, 2.05) is 6.92 Å². The third-order valence-corrected chi connectivity index (χ3v) is 5.49. The Kier molecular flexibility index (Phi) is 6.80. The highest BCUT2D eigenvalue weighted by atomic mass is 16.3. The highest BCUT2D eigenvalue weighted by Gasteiger charge is 2.27. The number of carbonyl (C=O) groups is 2. The Morgan fingerprint density at radius 2 is 1.59 bits per heavy atom. The second-order valence-electron chi connectivity index (χ2n) is 8.36. The number of benzene rings is 1. The van der Waals surface area contributed by atoms with Crippen molar-refractivity contribution in [1.82, 2.24) is 9.80 Å². The SMILES string of the molecule is CC[C@@H](Nc1c(Nc2cccc(C(=O)N(C)C)c2O)c(=O)c1=O)c1cc(C(=O)N(C)C)c(C)o1. The van der Waals surface area contributed by atoms with Crippen LogP contribution in [0.15, 0.2) is 38.3 Å². The molecule has 0 unspecified atom stereocenters. The van der Waals surface area contributed by atoms with Gasteiger partial charge in [0.1, 0.15) is 22.9 Å². The van der Waals surface area contributed by atoms with Crippen molar-refractivity contribution in [1.29, 1.82) is 0 Å². The first-order chi connectivity index (χ1) is 16.0. The summed E-state index contributed by atoms with van der Waals surface area (Å²) in [5.41, 5.74) is -0.872. The van der Waals surface area contributed by atoms with E-state index >= 15 is 0 Å². The van der Waals surface area contributed by atoms with Crippen LogP contribution in [0, 0.1) is 6.92 Å². The number of hydrogen-bond donors (Lipinski definition) is 3. The van der Waals surface area contributed by atoms with Gasteiger partial charge in [0.05, 0.1) is 22.9 Å². The lowest BCUT2D eigenvalue weighted by atomic mass is 10.1. The number of phenolic OH excluding ortho intramolecular Hbond substituents is 1. The molecule has 1 heterocycles. The van der Waals surface area contributed by atoms with Crippen LogP contribution in [0.1, 0.15) is 51.6 Å². The van der Waals surface area contributed by atoms with E-state index in [-0.39, 0.29) is 34.3 Å². The summed E-state index contributed by atoms with van der Waals surface area (Å²) in [7, 11) is 6.39. The molecule has 10 nitrogen and oxygen atoms in total. The maximum absolute atomic E-state index is 12.4. The molecule has 180 valence electrons. The van der Waals surface area contributed by atoms with Crippen LogP contribution in [0.25, 0.3) is 0 Å². The summed E-state index contributed by atoms with van der Waals surface area (Å²) >= 11 is 0. The van der Waals surface area contributed by atoms with Gasteiger partial charge < -0.3 is 30.0 Å². The smallest absolute Gasteiger partial charge is 0.257 e. The van der Waals surface area contributed by atoms with Gasteiger partial charge in [0.15, 0.2) is 5.75 Å². The van der Waals surface area contributed by atoms with Gasteiger partial charge in [0.2, 0.25) is 0 Å². The summed E-state index contributed by atoms with van der Waals surface area (Å²) in [5.74, 6) is -0.0517. The highest BCUT2D eigenvalue weighted by Crippen LogP contribution is 2.34. The molecule has 10 heteroatoms. The summed E-state index contributed by atoms with van der Waals surface area (Å²) in [5, 5.41) is 16.4. The topological polar surface area (TPSA) is 132 Å². The number of hydrogen-bond acceptors (Lipinski definition) is 8. The quantitative estimate of drug-likeness (QED) is 0.340. The average Bonchev–Trinajstić information content (AvgIpc) is 3.19. The third-order valence-electron chi connectivity index (χ3n) is 5.49. The second kappa shape index (κ2) is 9.42. The number of phenols is 1. The molecule has 34 heavy (non-hydrogen) atoms. The van der Waals surface area contributed by atoms with Crippen molar-refractivity contribution in [2.75, 3.05) is 38.8 Å². The van der Waals surface area contributed by atoms with Crippen molar-refractivity contribution < 1.29 is 19.1 Å². The van der Waals surface area contributed by atoms with Gasteiger partial charge in [-0.1, -0.05) is 13.0 Å². The van der Waals surface area contributed by atoms with Crippen molar-refractivity contribution in [3.63, 3.8) is 0 Å². The number of aromatic hydroxyl groups is 1. The van der Waals surface area contributed by atoms with Crippen LogP contribution in [-0.2, 0) is 0 Å². The standard InChI is InChI=1S/C24H28N4O6/c1-7-15(17-11-14(12(2)34-17)24(33)28(5)6)25-18-19(22(31)21(18)30)26-16-10-8-9-13(20(16)29)23(32)27(3)4/h8-11,15,25-26,29H,7H2,1-6H3/t15-/m1/s1. The molecule has 0 aliphatic carbocycles. The molecule has 1 aromatic heterocycles. The van der Waals surface area contributed by atoms with Gasteiger partial charge in [-0.25, -0.2) is 0 Å². The minimum Gasteiger partial charge on any atom is -0.505 e. The van der Waals surface area contributed by atoms with Gasteiger partial charge in [-0.3, -0.25) is 19.2 Å². The second-order valence-corrected chi connectivity index (χ2v) is 8.36. The van der Waals surface area contributed by atoms with E-state index in [1.165, 1.54) is 21.9 Å². The van der Waals surface area contributed by atoms with Crippen molar-refractivity contribution in [3.05, 3.63) is 67.4 Å². The molecule has 2 aromatic carbocycles. The van der Waals surface area contributed by atoms with Crippen LogP contribution >= 0.6 is 0 Å². The molecule has 0 fully saturated rings. The number of amides is 2. The molecule has 0 aliphatic rings. The minimum atomic E-state index is -0.750. The van der Waals surface area contributed by atoms with Crippen LogP contribution in [0.5, 0.6) is 5.75 Å². The van der Waals surface area contributed by atoms with Crippen molar-refractivity contribution >= 4 is 28.9 Å². The van der Waals surface area contributed by atoms with Crippen molar-refractivity contribution in [2.24, 2.45) is 0 Å². The number of aryl methyl sites for hydroxylation is 1. The molecule has 0 radical (unpaired) electrons. The van der Waals surface area contributed by atoms with Gasteiger partial charge in [0, 0.05) is 28.2 Å². The molecule has 0 aliphatic heterocycles. The number of nitrogens with one attached hydrogen (secondary N) is 2. The predicted octanol–water partition coefficient (Wildman–Crippen LogP) is 2.60. The van der Waals surface area contributed by atoms with Crippen molar-refractivity contribution in [2.45, 2.75) is 26.3 Å². The number of para-hydroxylation sites is 1. The Hall–Kier alpha value is -4.08. The van der Waals surface area contributed by atoms with E-state index in [1.54, 1.807) is 47.2 Å². The molecule has 3 aromatic rings. The molecular weight excluding hydrogens is 440 g/mol. The summed E-state index contributed by atoms with van der Waals surface area (Å²) in [4.78, 5) is 52.0. The van der Waals surface area contributed by atoms with E-state index in [2.05, 4.69) is 10.6 Å². The maximum Gasteiger partial charge on any atom is 0.257 e. The van der Waals surface area contributed by atoms with E-state index in [4.69, 9.17) is 4.42 Å². The Morgan fingerprint density at radius 1 is 1.00 bits per heavy atom. The number of furan rings is 1. The van der Waals surface area contributed by atoms with E-state index in [0.29, 0.717) is 23.5 Å². The zero-order valence-electron chi connectivity index (χ0n) is 20.0. The Bertz CT molecular complexity index is 1310. The van der Waals surface area contributed by atoms with Gasteiger partial charge in [-0.15, -0.1) is 0 Å². The predicted molar refractivity (Wildman–Crippen MR) is 129 cm³/mol.